The van der Waals surface area contributed by atoms with Crippen LogP contribution < -0.4 is 16.4 Å². The van der Waals surface area contributed by atoms with Gasteiger partial charge < -0.3 is 16.4 Å². The second-order valence-corrected chi connectivity index (χ2v) is 8.64. The molecule has 1 aromatic rings. The van der Waals surface area contributed by atoms with Crippen LogP contribution in [0.25, 0.3) is 0 Å². The standard InChI is InChI=1S/C17H28N4O4S/c1-12(2)9-15(10-18)20-17(23)11-21(4)26(24,25)16-7-5-14(6-8-16)19-13(3)22/h5-8,12,15H,9-11,18H2,1-4H3,(H,19,22)(H,20,23). The van der Waals surface area contributed by atoms with Crippen molar-refractivity contribution < 1.29 is 18.0 Å². The Kier molecular flexibility index (Phi) is 8.19. The molecule has 0 heterocycles. The molecule has 8 nitrogen and oxygen atoms in total. The normalized spacial score (nSPS) is 12.9. The predicted molar refractivity (Wildman–Crippen MR) is 101 cm³/mol. The molecule has 0 aromatic heterocycles. The predicted octanol–water partition coefficient (Wildman–Crippen LogP) is 0.755. The van der Waals surface area contributed by atoms with Crippen LogP contribution in [-0.4, -0.2) is 50.7 Å². The maximum atomic E-state index is 12.6. The number of anilines is 1. The van der Waals surface area contributed by atoms with Gasteiger partial charge in [0.25, 0.3) is 0 Å². The SMILES string of the molecule is CC(=O)Nc1ccc(S(=O)(=O)N(C)CC(=O)NC(CN)CC(C)C)cc1. The summed E-state index contributed by atoms with van der Waals surface area (Å²) in [5.74, 6) is -0.278. The van der Waals surface area contributed by atoms with Gasteiger partial charge in [-0.15, -0.1) is 0 Å². The van der Waals surface area contributed by atoms with E-state index in [1.165, 1.54) is 38.2 Å². The van der Waals surface area contributed by atoms with E-state index in [0.717, 1.165) is 10.7 Å². The van der Waals surface area contributed by atoms with Gasteiger partial charge in [0.05, 0.1) is 11.4 Å². The molecule has 0 saturated heterocycles. The number of rotatable bonds is 9. The van der Waals surface area contributed by atoms with Gasteiger partial charge in [0, 0.05) is 32.2 Å². The summed E-state index contributed by atoms with van der Waals surface area (Å²) in [4.78, 5) is 23.2. The number of nitrogens with two attached hydrogens (primary N) is 1. The summed E-state index contributed by atoms with van der Waals surface area (Å²) in [5.41, 5.74) is 6.15. The fourth-order valence-corrected chi connectivity index (χ4v) is 3.56. The molecule has 0 aliphatic carbocycles. The highest BCUT2D eigenvalue weighted by Gasteiger charge is 2.24. The van der Waals surface area contributed by atoms with Gasteiger partial charge in [-0.05, 0) is 36.6 Å². The van der Waals surface area contributed by atoms with Crippen molar-refractivity contribution >= 4 is 27.5 Å². The van der Waals surface area contributed by atoms with Crippen LogP contribution in [0.1, 0.15) is 27.2 Å². The van der Waals surface area contributed by atoms with Gasteiger partial charge >= 0.3 is 0 Å². The van der Waals surface area contributed by atoms with Crippen molar-refractivity contribution in [2.45, 2.75) is 38.1 Å². The average molecular weight is 385 g/mol. The molecule has 26 heavy (non-hydrogen) atoms. The van der Waals surface area contributed by atoms with E-state index in [0.29, 0.717) is 18.2 Å². The number of benzene rings is 1. The largest absolute Gasteiger partial charge is 0.351 e. The first-order valence-corrected chi connectivity index (χ1v) is 9.83. The Bertz CT molecular complexity index is 717. The minimum atomic E-state index is -3.82. The number of carbonyl (C=O) groups is 2. The topological polar surface area (TPSA) is 122 Å². The van der Waals surface area contributed by atoms with Gasteiger partial charge in [0.2, 0.25) is 21.8 Å². The summed E-state index contributed by atoms with van der Waals surface area (Å²) in [6, 6.07) is 5.58. The number of hydrogen-bond acceptors (Lipinski definition) is 5. The van der Waals surface area contributed by atoms with Crippen molar-refractivity contribution in [2.24, 2.45) is 11.7 Å². The lowest BCUT2D eigenvalue weighted by Crippen LogP contribution is -2.46. The fraction of sp³-hybridized carbons (Fsp3) is 0.529. The number of sulfonamides is 1. The molecule has 4 N–H and O–H groups in total. The third-order valence-electron chi connectivity index (χ3n) is 3.65. The van der Waals surface area contributed by atoms with Gasteiger partial charge in [-0.3, -0.25) is 9.59 Å². The van der Waals surface area contributed by atoms with Crippen molar-refractivity contribution in [1.82, 2.24) is 9.62 Å². The number of hydrogen-bond donors (Lipinski definition) is 3. The number of carbonyl (C=O) groups excluding carboxylic acids is 2. The van der Waals surface area contributed by atoms with E-state index < -0.39 is 15.9 Å². The number of nitrogens with one attached hydrogen (secondary N) is 2. The molecule has 0 saturated carbocycles. The van der Waals surface area contributed by atoms with Gasteiger partial charge in [-0.2, -0.15) is 4.31 Å². The van der Waals surface area contributed by atoms with Crippen LogP contribution in [0.5, 0.6) is 0 Å². The van der Waals surface area contributed by atoms with Crippen LogP contribution in [0, 0.1) is 5.92 Å². The lowest BCUT2D eigenvalue weighted by atomic mass is 10.0. The van der Waals surface area contributed by atoms with Crippen molar-refractivity contribution in [3.63, 3.8) is 0 Å². The highest BCUT2D eigenvalue weighted by atomic mass is 32.2. The van der Waals surface area contributed by atoms with E-state index in [-0.39, 0.29) is 23.4 Å². The molecule has 2 amide bonds. The summed E-state index contributed by atoms with van der Waals surface area (Å²) in [6.07, 6.45) is 0.726. The van der Waals surface area contributed by atoms with Crippen LogP contribution in [0.2, 0.25) is 0 Å². The van der Waals surface area contributed by atoms with Crippen molar-refractivity contribution in [1.29, 1.82) is 0 Å². The molecule has 1 rings (SSSR count). The maximum Gasteiger partial charge on any atom is 0.243 e. The quantitative estimate of drug-likeness (QED) is 0.580. The zero-order chi connectivity index (χ0) is 19.9. The molecule has 0 aliphatic rings. The van der Waals surface area contributed by atoms with E-state index in [2.05, 4.69) is 10.6 Å². The van der Waals surface area contributed by atoms with Crippen molar-refractivity contribution in [2.75, 3.05) is 25.5 Å². The summed E-state index contributed by atoms with van der Waals surface area (Å²) < 4.78 is 26.1. The van der Waals surface area contributed by atoms with Gasteiger partial charge in [-0.1, -0.05) is 13.8 Å². The zero-order valence-electron chi connectivity index (χ0n) is 15.7. The Labute approximate surface area is 155 Å². The minimum Gasteiger partial charge on any atom is -0.351 e. The first kappa shape index (κ1) is 22.1. The smallest absolute Gasteiger partial charge is 0.243 e. The van der Waals surface area contributed by atoms with Crippen molar-refractivity contribution in [3.8, 4) is 0 Å². The van der Waals surface area contributed by atoms with Gasteiger partial charge in [0.1, 0.15) is 0 Å². The third kappa shape index (κ3) is 6.74. The van der Waals surface area contributed by atoms with E-state index >= 15 is 0 Å². The molecule has 0 spiro atoms. The first-order valence-electron chi connectivity index (χ1n) is 8.39. The van der Waals surface area contributed by atoms with Crippen LogP contribution >= 0.6 is 0 Å². The minimum absolute atomic E-state index is 0.0412. The maximum absolute atomic E-state index is 12.6. The van der Waals surface area contributed by atoms with E-state index in [1.807, 2.05) is 13.8 Å². The molecule has 0 fully saturated rings. The summed E-state index contributed by atoms with van der Waals surface area (Å²) in [5, 5.41) is 5.33. The molecule has 1 atom stereocenters. The first-order chi connectivity index (χ1) is 12.1. The highest BCUT2D eigenvalue weighted by Crippen LogP contribution is 2.17. The second kappa shape index (κ2) is 9.65. The highest BCUT2D eigenvalue weighted by molar-refractivity contribution is 7.89. The van der Waals surface area contributed by atoms with E-state index in [1.54, 1.807) is 0 Å². The Morgan fingerprint density at radius 2 is 1.77 bits per heavy atom. The molecule has 146 valence electrons. The fourth-order valence-electron chi connectivity index (χ4n) is 2.44. The molecule has 9 heteroatoms. The number of nitrogens with zero attached hydrogens (tertiary/aromatic N) is 1. The molecule has 0 bridgehead atoms. The number of amides is 2. The summed E-state index contributed by atoms with van der Waals surface area (Å²) >= 11 is 0. The summed E-state index contributed by atoms with van der Waals surface area (Å²) in [7, 11) is -2.47. The van der Waals surface area contributed by atoms with Gasteiger partial charge in [0.15, 0.2) is 0 Å². The number of likely N-dealkylation sites (N-methyl/N-ethyl adjacent to an activating group) is 1. The Balaban J connectivity index is 2.76. The second-order valence-electron chi connectivity index (χ2n) is 6.60. The molecule has 1 aromatic carbocycles. The van der Waals surface area contributed by atoms with Crippen LogP contribution in [0.15, 0.2) is 29.2 Å². The Morgan fingerprint density at radius 3 is 2.23 bits per heavy atom. The van der Waals surface area contributed by atoms with Crippen LogP contribution in [-0.2, 0) is 19.6 Å². The van der Waals surface area contributed by atoms with Gasteiger partial charge in [-0.25, -0.2) is 8.42 Å². The lowest BCUT2D eigenvalue weighted by Gasteiger charge is -2.21. The average Bonchev–Trinajstić information content (AvgIpc) is 2.53. The molecular formula is C17H28N4O4S. The Morgan fingerprint density at radius 1 is 1.19 bits per heavy atom. The zero-order valence-corrected chi connectivity index (χ0v) is 16.5. The molecule has 1 unspecified atom stereocenters. The molecule has 0 aliphatic heterocycles. The van der Waals surface area contributed by atoms with E-state index in [4.69, 9.17) is 5.73 Å². The third-order valence-corrected chi connectivity index (χ3v) is 5.47. The van der Waals surface area contributed by atoms with Crippen LogP contribution in [0.4, 0.5) is 5.69 Å². The molecular weight excluding hydrogens is 356 g/mol. The summed E-state index contributed by atoms with van der Waals surface area (Å²) in [6.45, 7) is 5.41. The molecule has 0 radical (unpaired) electrons. The monoisotopic (exact) mass is 384 g/mol. The van der Waals surface area contributed by atoms with Crippen LogP contribution in [0.3, 0.4) is 0 Å². The van der Waals surface area contributed by atoms with Crippen molar-refractivity contribution in [3.05, 3.63) is 24.3 Å². The Hall–Kier alpha value is -1.97. The lowest BCUT2D eigenvalue weighted by molar-refractivity contribution is -0.121. The van der Waals surface area contributed by atoms with E-state index in [9.17, 15) is 18.0 Å².